The Balaban J connectivity index is 1.49. The lowest BCUT2D eigenvalue weighted by Crippen LogP contribution is -2.43. The number of nitrogens with zero attached hydrogens (tertiary/aromatic N) is 1. The molecule has 0 spiro atoms. The lowest BCUT2D eigenvalue weighted by molar-refractivity contribution is -0.0460. The Morgan fingerprint density at radius 2 is 2.08 bits per heavy atom. The summed E-state index contributed by atoms with van der Waals surface area (Å²) in [6.07, 6.45) is -0.779. The summed E-state index contributed by atoms with van der Waals surface area (Å²) in [4.78, 5) is 2.12. The van der Waals surface area contributed by atoms with Crippen molar-refractivity contribution in [2.24, 2.45) is 0 Å². The fourth-order valence-electron chi connectivity index (χ4n) is 2.85. The lowest BCUT2D eigenvalue weighted by atomic mass is 10.1. The van der Waals surface area contributed by atoms with Crippen molar-refractivity contribution >= 4 is 15.9 Å². The summed E-state index contributed by atoms with van der Waals surface area (Å²) in [5.41, 5.74) is 0.824. The molecule has 2 aromatic rings. The lowest BCUT2D eigenvalue weighted by Gasteiger charge is -2.34. The summed E-state index contributed by atoms with van der Waals surface area (Å²) >= 11 is 3.37. The summed E-state index contributed by atoms with van der Waals surface area (Å²) in [5, 5.41) is 10.2. The molecule has 1 aliphatic rings. The van der Waals surface area contributed by atoms with Crippen molar-refractivity contribution in [1.82, 2.24) is 4.90 Å². The van der Waals surface area contributed by atoms with E-state index < -0.39 is 6.10 Å². The Hall–Kier alpha value is -1.47. The molecule has 1 aliphatic heterocycles. The van der Waals surface area contributed by atoms with E-state index in [1.807, 2.05) is 30.3 Å². The van der Waals surface area contributed by atoms with Crippen molar-refractivity contribution in [1.29, 1.82) is 0 Å². The van der Waals surface area contributed by atoms with Crippen LogP contribution >= 0.6 is 15.9 Å². The van der Waals surface area contributed by atoms with Gasteiger partial charge < -0.3 is 14.6 Å². The van der Waals surface area contributed by atoms with Crippen LogP contribution in [0, 0.1) is 5.82 Å². The molecule has 6 heteroatoms. The number of benzene rings is 2. The van der Waals surface area contributed by atoms with Crippen LogP contribution in [-0.4, -0.2) is 49.0 Å². The molecule has 0 radical (unpaired) electrons. The first-order valence-corrected chi connectivity index (χ1v) is 9.05. The molecule has 1 heterocycles. The highest BCUT2D eigenvalue weighted by Gasteiger charge is 2.24. The van der Waals surface area contributed by atoms with Gasteiger partial charge in [-0.25, -0.2) is 4.39 Å². The molecule has 0 amide bonds. The van der Waals surface area contributed by atoms with Crippen LogP contribution in [0.25, 0.3) is 0 Å². The van der Waals surface area contributed by atoms with E-state index in [4.69, 9.17) is 9.47 Å². The van der Waals surface area contributed by atoms with Crippen molar-refractivity contribution < 1.29 is 19.0 Å². The maximum Gasteiger partial charge on any atom is 0.123 e. The second-order valence-corrected chi connectivity index (χ2v) is 7.01. The van der Waals surface area contributed by atoms with Gasteiger partial charge in [0.1, 0.15) is 24.3 Å². The van der Waals surface area contributed by atoms with Crippen LogP contribution in [0.15, 0.2) is 53.0 Å². The summed E-state index contributed by atoms with van der Waals surface area (Å²) in [6.45, 7) is 2.64. The van der Waals surface area contributed by atoms with Crippen molar-refractivity contribution in [3.05, 3.63) is 64.4 Å². The normalized spacial score (nSPS) is 19.6. The number of β-amino-alcohol motifs (C(OH)–C–C–N with tert-alkyl or cyclic N) is 1. The van der Waals surface area contributed by atoms with Gasteiger partial charge in [0, 0.05) is 24.1 Å². The van der Waals surface area contributed by atoms with Crippen LogP contribution in [0.4, 0.5) is 4.39 Å². The van der Waals surface area contributed by atoms with E-state index in [2.05, 4.69) is 20.8 Å². The third kappa shape index (κ3) is 5.51. The standard InChI is InChI=1S/C19H21BrFNO3/c20-15-4-6-18(7-5-15)25-13-17(23)11-22-8-9-24-19(12-22)14-2-1-3-16(21)10-14/h1-7,10,17,19,23H,8-9,11-13H2. The fraction of sp³-hybridized carbons (Fsp3) is 0.368. The Morgan fingerprint density at radius 3 is 2.84 bits per heavy atom. The summed E-state index contributed by atoms with van der Waals surface area (Å²) in [5.74, 6) is 0.461. The first-order valence-electron chi connectivity index (χ1n) is 8.26. The third-order valence-electron chi connectivity index (χ3n) is 4.10. The Kier molecular flexibility index (Phi) is 6.42. The van der Waals surface area contributed by atoms with E-state index in [-0.39, 0.29) is 18.5 Å². The van der Waals surface area contributed by atoms with Crippen molar-refractivity contribution in [2.75, 3.05) is 32.8 Å². The molecule has 3 rings (SSSR count). The molecule has 134 valence electrons. The zero-order chi connectivity index (χ0) is 17.6. The highest BCUT2D eigenvalue weighted by Crippen LogP contribution is 2.23. The minimum atomic E-state index is -0.602. The van der Waals surface area contributed by atoms with Gasteiger partial charge in [-0.05, 0) is 42.0 Å². The SMILES string of the molecule is OC(COc1ccc(Br)cc1)CN1CCOC(c2cccc(F)c2)C1. The van der Waals surface area contributed by atoms with E-state index in [0.717, 1.165) is 22.3 Å². The van der Waals surface area contributed by atoms with Crippen LogP contribution in [0.5, 0.6) is 5.75 Å². The summed E-state index contributed by atoms with van der Waals surface area (Å²) in [7, 11) is 0. The second kappa shape index (κ2) is 8.76. The highest BCUT2D eigenvalue weighted by atomic mass is 79.9. The number of aliphatic hydroxyl groups is 1. The van der Waals surface area contributed by atoms with Gasteiger partial charge in [-0.2, -0.15) is 0 Å². The number of aliphatic hydroxyl groups excluding tert-OH is 1. The molecule has 1 N–H and O–H groups in total. The molecule has 0 aromatic heterocycles. The third-order valence-corrected chi connectivity index (χ3v) is 4.62. The van der Waals surface area contributed by atoms with E-state index in [1.165, 1.54) is 12.1 Å². The molecular formula is C19H21BrFNO3. The van der Waals surface area contributed by atoms with Crippen LogP contribution in [0.3, 0.4) is 0 Å². The van der Waals surface area contributed by atoms with Crippen molar-refractivity contribution in [2.45, 2.75) is 12.2 Å². The van der Waals surface area contributed by atoms with Gasteiger partial charge in [0.25, 0.3) is 0 Å². The largest absolute Gasteiger partial charge is 0.491 e. The van der Waals surface area contributed by atoms with E-state index >= 15 is 0 Å². The topological polar surface area (TPSA) is 41.9 Å². The van der Waals surface area contributed by atoms with Crippen molar-refractivity contribution in [3.63, 3.8) is 0 Å². The molecule has 1 saturated heterocycles. The number of ether oxygens (including phenoxy) is 2. The van der Waals surface area contributed by atoms with Crippen LogP contribution < -0.4 is 4.74 Å². The molecule has 0 saturated carbocycles. The fourth-order valence-corrected chi connectivity index (χ4v) is 3.12. The van der Waals surface area contributed by atoms with E-state index in [0.29, 0.717) is 19.7 Å². The molecular weight excluding hydrogens is 389 g/mol. The van der Waals surface area contributed by atoms with Gasteiger partial charge in [-0.15, -0.1) is 0 Å². The Morgan fingerprint density at radius 1 is 1.28 bits per heavy atom. The molecule has 25 heavy (non-hydrogen) atoms. The number of hydrogen-bond acceptors (Lipinski definition) is 4. The van der Waals surface area contributed by atoms with Gasteiger partial charge in [-0.1, -0.05) is 28.1 Å². The van der Waals surface area contributed by atoms with Crippen LogP contribution in [0.2, 0.25) is 0 Å². The van der Waals surface area contributed by atoms with Gasteiger partial charge in [0.2, 0.25) is 0 Å². The van der Waals surface area contributed by atoms with Crippen LogP contribution in [-0.2, 0) is 4.74 Å². The van der Waals surface area contributed by atoms with Crippen molar-refractivity contribution in [3.8, 4) is 5.75 Å². The Bertz CT molecular complexity index is 683. The maximum atomic E-state index is 13.4. The minimum Gasteiger partial charge on any atom is -0.491 e. The highest BCUT2D eigenvalue weighted by molar-refractivity contribution is 9.10. The zero-order valence-corrected chi connectivity index (χ0v) is 15.4. The average molecular weight is 410 g/mol. The quantitative estimate of drug-likeness (QED) is 0.793. The smallest absolute Gasteiger partial charge is 0.123 e. The zero-order valence-electron chi connectivity index (χ0n) is 13.8. The molecule has 2 unspecified atom stereocenters. The number of morpholine rings is 1. The van der Waals surface area contributed by atoms with Gasteiger partial charge in [0.05, 0.1) is 12.7 Å². The average Bonchev–Trinajstić information content (AvgIpc) is 2.61. The predicted octanol–water partition coefficient (Wildman–Crippen LogP) is 3.40. The molecule has 0 aliphatic carbocycles. The summed E-state index contributed by atoms with van der Waals surface area (Å²) in [6, 6.07) is 14.0. The predicted molar refractivity (Wildman–Crippen MR) is 97.2 cm³/mol. The number of halogens is 2. The van der Waals surface area contributed by atoms with Gasteiger partial charge >= 0.3 is 0 Å². The van der Waals surface area contributed by atoms with E-state index in [1.54, 1.807) is 6.07 Å². The first kappa shape index (κ1) is 18.3. The Labute approximate surface area is 155 Å². The first-order chi connectivity index (χ1) is 12.1. The van der Waals surface area contributed by atoms with Gasteiger partial charge in [0.15, 0.2) is 0 Å². The van der Waals surface area contributed by atoms with Gasteiger partial charge in [-0.3, -0.25) is 4.90 Å². The number of hydrogen-bond donors (Lipinski definition) is 1. The maximum absolute atomic E-state index is 13.4. The summed E-state index contributed by atoms with van der Waals surface area (Å²) < 4.78 is 25.7. The minimum absolute atomic E-state index is 0.177. The molecule has 2 atom stereocenters. The molecule has 2 aromatic carbocycles. The van der Waals surface area contributed by atoms with Crippen LogP contribution in [0.1, 0.15) is 11.7 Å². The number of rotatable bonds is 6. The van der Waals surface area contributed by atoms with E-state index in [9.17, 15) is 9.50 Å². The molecule has 4 nitrogen and oxygen atoms in total. The molecule has 0 bridgehead atoms. The molecule has 1 fully saturated rings. The second-order valence-electron chi connectivity index (χ2n) is 6.09. The monoisotopic (exact) mass is 409 g/mol.